The molecule has 0 saturated carbocycles. The number of nitrogens with zero attached hydrogens (tertiary/aromatic N) is 1. The summed E-state index contributed by atoms with van der Waals surface area (Å²) in [5, 5.41) is 2.33. The molecule has 0 aliphatic rings. The molecule has 0 N–H and O–H groups in total. The third kappa shape index (κ3) is 2.68. The number of thiazole rings is 1. The SMILES string of the molecule is COC(=O)c1csc(-c2cc(OC)ccc2OC)n1. The van der Waals surface area contributed by atoms with E-state index in [-0.39, 0.29) is 5.69 Å². The maximum Gasteiger partial charge on any atom is 0.357 e. The van der Waals surface area contributed by atoms with Crippen LogP contribution in [0.2, 0.25) is 0 Å². The highest BCUT2D eigenvalue weighted by molar-refractivity contribution is 7.13. The van der Waals surface area contributed by atoms with Crippen LogP contribution in [0.3, 0.4) is 0 Å². The highest BCUT2D eigenvalue weighted by Gasteiger charge is 2.15. The Bertz CT molecular complexity index is 594. The van der Waals surface area contributed by atoms with Crippen LogP contribution in [0.15, 0.2) is 23.6 Å². The molecule has 1 aromatic heterocycles. The number of benzene rings is 1. The van der Waals surface area contributed by atoms with Crippen molar-refractivity contribution in [2.45, 2.75) is 0 Å². The van der Waals surface area contributed by atoms with Gasteiger partial charge in [-0.3, -0.25) is 0 Å². The van der Waals surface area contributed by atoms with Gasteiger partial charge in [0.1, 0.15) is 16.5 Å². The van der Waals surface area contributed by atoms with Gasteiger partial charge in [0.05, 0.1) is 26.9 Å². The first-order valence-electron chi connectivity index (χ1n) is 5.45. The summed E-state index contributed by atoms with van der Waals surface area (Å²) in [4.78, 5) is 15.6. The van der Waals surface area contributed by atoms with Gasteiger partial charge in [0.25, 0.3) is 0 Å². The number of hydrogen-bond acceptors (Lipinski definition) is 6. The topological polar surface area (TPSA) is 57.7 Å². The average molecular weight is 279 g/mol. The zero-order chi connectivity index (χ0) is 13.8. The first kappa shape index (κ1) is 13.4. The molecule has 5 nitrogen and oxygen atoms in total. The number of methoxy groups -OCH3 is 3. The van der Waals surface area contributed by atoms with E-state index < -0.39 is 5.97 Å². The minimum Gasteiger partial charge on any atom is -0.497 e. The summed E-state index contributed by atoms with van der Waals surface area (Å²) >= 11 is 1.35. The maximum atomic E-state index is 11.4. The highest BCUT2D eigenvalue weighted by Crippen LogP contribution is 2.35. The lowest BCUT2D eigenvalue weighted by Gasteiger charge is -2.08. The van der Waals surface area contributed by atoms with Gasteiger partial charge in [0.2, 0.25) is 0 Å². The van der Waals surface area contributed by atoms with E-state index in [0.29, 0.717) is 16.5 Å². The summed E-state index contributed by atoms with van der Waals surface area (Å²) < 4.78 is 15.1. The van der Waals surface area contributed by atoms with Gasteiger partial charge < -0.3 is 14.2 Å². The summed E-state index contributed by atoms with van der Waals surface area (Å²) in [6, 6.07) is 5.42. The van der Waals surface area contributed by atoms with Gasteiger partial charge in [-0.2, -0.15) is 0 Å². The van der Waals surface area contributed by atoms with Gasteiger partial charge in [-0.1, -0.05) is 0 Å². The van der Waals surface area contributed by atoms with E-state index in [1.807, 2.05) is 6.07 Å². The van der Waals surface area contributed by atoms with Crippen LogP contribution in [0.25, 0.3) is 10.6 Å². The molecule has 0 aliphatic carbocycles. The molecular weight excluding hydrogens is 266 g/mol. The summed E-state index contributed by atoms with van der Waals surface area (Å²) in [5.74, 6) is 0.918. The van der Waals surface area contributed by atoms with Crippen LogP contribution in [-0.2, 0) is 4.74 Å². The van der Waals surface area contributed by atoms with Crippen molar-refractivity contribution in [1.29, 1.82) is 0 Å². The largest absolute Gasteiger partial charge is 0.497 e. The first-order valence-corrected chi connectivity index (χ1v) is 6.33. The van der Waals surface area contributed by atoms with Crippen LogP contribution >= 0.6 is 11.3 Å². The Labute approximate surface area is 114 Å². The number of carbonyl (C=O) groups is 1. The zero-order valence-corrected chi connectivity index (χ0v) is 11.6. The molecule has 2 aromatic rings. The van der Waals surface area contributed by atoms with Crippen molar-refractivity contribution in [3.63, 3.8) is 0 Å². The van der Waals surface area contributed by atoms with Gasteiger partial charge in [0, 0.05) is 5.38 Å². The van der Waals surface area contributed by atoms with Crippen molar-refractivity contribution in [1.82, 2.24) is 4.98 Å². The minimum absolute atomic E-state index is 0.285. The lowest BCUT2D eigenvalue weighted by atomic mass is 10.2. The quantitative estimate of drug-likeness (QED) is 0.805. The van der Waals surface area contributed by atoms with E-state index >= 15 is 0 Å². The summed E-state index contributed by atoms with van der Waals surface area (Å²) in [6.45, 7) is 0. The van der Waals surface area contributed by atoms with Crippen LogP contribution in [0, 0.1) is 0 Å². The van der Waals surface area contributed by atoms with Crippen molar-refractivity contribution in [2.75, 3.05) is 21.3 Å². The zero-order valence-electron chi connectivity index (χ0n) is 10.8. The predicted octanol–water partition coefficient (Wildman–Crippen LogP) is 2.61. The van der Waals surface area contributed by atoms with Crippen LogP contribution in [-0.4, -0.2) is 32.3 Å². The Morgan fingerprint density at radius 2 is 2.00 bits per heavy atom. The fourth-order valence-electron chi connectivity index (χ4n) is 1.58. The standard InChI is InChI=1S/C13H13NO4S/c1-16-8-4-5-11(17-2)9(6-8)12-14-10(7-19-12)13(15)18-3/h4-7H,1-3H3. The summed E-state index contributed by atoms with van der Waals surface area (Å²) in [6.07, 6.45) is 0. The molecule has 0 fully saturated rings. The molecule has 2 rings (SSSR count). The maximum absolute atomic E-state index is 11.4. The van der Waals surface area contributed by atoms with E-state index in [2.05, 4.69) is 9.72 Å². The molecule has 1 aromatic carbocycles. The molecule has 0 unspecified atom stereocenters. The molecule has 0 saturated heterocycles. The second-order valence-electron chi connectivity index (χ2n) is 3.60. The number of hydrogen-bond donors (Lipinski definition) is 0. The average Bonchev–Trinajstić information content (AvgIpc) is 2.95. The second-order valence-corrected chi connectivity index (χ2v) is 4.45. The summed E-state index contributed by atoms with van der Waals surface area (Å²) in [7, 11) is 4.50. The van der Waals surface area contributed by atoms with E-state index in [4.69, 9.17) is 9.47 Å². The Kier molecular flexibility index (Phi) is 4.01. The van der Waals surface area contributed by atoms with Crippen molar-refractivity contribution >= 4 is 17.3 Å². The Balaban J connectivity index is 2.45. The fraction of sp³-hybridized carbons (Fsp3) is 0.231. The lowest BCUT2D eigenvalue weighted by Crippen LogP contribution is -2.01. The third-order valence-corrected chi connectivity index (χ3v) is 3.41. The molecule has 6 heteroatoms. The normalized spacial score (nSPS) is 10.1. The molecule has 0 aliphatic heterocycles. The number of rotatable bonds is 4. The van der Waals surface area contributed by atoms with E-state index in [1.54, 1.807) is 31.7 Å². The molecule has 19 heavy (non-hydrogen) atoms. The van der Waals surface area contributed by atoms with Crippen LogP contribution in [0.1, 0.15) is 10.5 Å². The smallest absolute Gasteiger partial charge is 0.357 e. The molecule has 1 heterocycles. The molecule has 0 radical (unpaired) electrons. The van der Waals surface area contributed by atoms with Crippen molar-refractivity contribution in [3.05, 3.63) is 29.3 Å². The van der Waals surface area contributed by atoms with Crippen molar-refractivity contribution in [2.24, 2.45) is 0 Å². The van der Waals surface area contributed by atoms with Gasteiger partial charge in [-0.25, -0.2) is 9.78 Å². The predicted molar refractivity (Wildman–Crippen MR) is 72.0 cm³/mol. The number of aromatic nitrogens is 1. The van der Waals surface area contributed by atoms with E-state index in [1.165, 1.54) is 18.4 Å². The Morgan fingerprint density at radius 1 is 1.21 bits per heavy atom. The van der Waals surface area contributed by atoms with E-state index in [9.17, 15) is 4.79 Å². The lowest BCUT2D eigenvalue weighted by molar-refractivity contribution is 0.0595. The Hall–Kier alpha value is -2.08. The molecule has 0 amide bonds. The fourth-order valence-corrected chi connectivity index (χ4v) is 2.39. The van der Waals surface area contributed by atoms with Gasteiger partial charge in [-0.05, 0) is 18.2 Å². The molecule has 0 atom stereocenters. The molecule has 100 valence electrons. The first-order chi connectivity index (χ1) is 9.19. The van der Waals surface area contributed by atoms with Crippen LogP contribution in [0.4, 0.5) is 0 Å². The number of ether oxygens (including phenoxy) is 3. The van der Waals surface area contributed by atoms with Gasteiger partial charge in [-0.15, -0.1) is 11.3 Å². The second kappa shape index (κ2) is 5.71. The van der Waals surface area contributed by atoms with Crippen molar-refractivity contribution < 1.29 is 19.0 Å². The molecular formula is C13H13NO4S. The van der Waals surface area contributed by atoms with Crippen LogP contribution in [0.5, 0.6) is 11.5 Å². The molecule has 0 spiro atoms. The van der Waals surface area contributed by atoms with Gasteiger partial charge in [0.15, 0.2) is 5.69 Å². The molecule has 0 bridgehead atoms. The number of carbonyl (C=O) groups excluding carboxylic acids is 1. The Morgan fingerprint density at radius 3 is 2.63 bits per heavy atom. The van der Waals surface area contributed by atoms with E-state index in [0.717, 1.165) is 5.56 Å². The monoisotopic (exact) mass is 279 g/mol. The van der Waals surface area contributed by atoms with Gasteiger partial charge >= 0.3 is 5.97 Å². The summed E-state index contributed by atoms with van der Waals surface area (Å²) in [5.41, 5.74) is 1.06. The number of esters is 1. The van der Waals surface area contributed by atoms with Crippen LogP contribution < -0.4 is 9.47 Å². The van der Waals surface area contributed by atoms with Crippen molar-refractivity contribution in [3.8, 4) is 22.1 Å². The minimum atomic E-state index is -0.454. The highest BCUT2D eigenvalue weighted by atomic mass is 32.1. The third-order valence-electron chi connectivity index (χ3n) is 2.54.